The molecule has 0 amide bonds. The number of hydrogen-bond donors (Lipinski definition) is 0. The number of nitrogens with zero attached hydrogens (tertiary/aromatic N) is 2. The first kappa shape index (κ1) is 32.8. The van der Waals surface area contributed by atoms with Crippen LogP contribution in [0.5, 0.6) is 0 Å². The van der Waals surface area contributed by atoms with Gasteiger partial charge in [0.25, 0.3) is 0 Å². The molecule has 0 atom stereocenters. The molecule has 0 unspecified atom stereocenters. The molecule has 9 aromatic carbocycles. The normalized spacial score (nSPS) is 12.5. The highest BCUT2D eigenvalue weighted by molar-refractivity contribution is 6.27. The maximum Gasteiger partial charge on any atom is 0.155 e. The van der Waals surface area contributed by atoms with E-state index < -0.39 is 0 Å². The van der Waals surface area contributed by atoms with Crippen molar-refractivity contribution in [2.45, 2.75) is 0 Å². The van der Waals surface area contributed by atoms with Gasteiger partial charge < -0.3 is 8.83 Å². The minimum absolute atomic E-state index is 0.617. The molecule has 57 heavy (non-hydrogen) atoms. The van der Waals surface area contributed by atoms with Crippen LogP contribution in [0.2, 0.25) is 0 Å². The molecule has 0 aliphatic carbocycles. The lowest BCUT2D eigenvalue weighted by Gasteiger charge is -2.12. The molecule has 0 aliphatic heterocycles. The van der Waals surface area contributed by atoms with E-state index in [9.17, 15) is 0 Å². The van der Waals surface area contributed by atoms with Crippen LogP contribution in [-0.2, 0) is 0 Å². The summed E-state index contributed by atoms with van der Waals surface area (Å²) in [6.07, 6.45) is 0. The van der Waals surface area contributed by atoms with Crippen LogP contribution in [0.15, 0.2) is 207 Å². The molecule has 0 bridgehead atoms. The zero-order valence-corrected chi connectivity index (χ0v) is 31.1. The first-order valence-corrected chi connectivity index (χ1v) is 19.2. The van der Waals surface area contributed by atoms with E-state index in [1.54, 1.807) is 0 Å². The van der Waals surface area contributed by atoms with Gasteiger partial charge in [0.2, 0.25) is 0 Å². The topological polar surface area (TPSA) is 51.0 Å². The molecule has 0 radical (unpaired) electrons. The van der Waals surface area contributed by atoms with E-state index in [0.29, 0.717) is 5.84 Å². The minimum Gasteiger partial charge on any atom is -0.456 e. The molecule has 0 saturated heterocycles. The van der Waals surface area contributed by atoms with E-state index in [1.165, 1.54) is 16.3 Å². The van der Waals surface area contributed by atoms with E-state index in [1.807, 2.05) is 31.3 Å². The van der Waals surface area contributed by atoms with Crippen molar-refractivity contribution in [2.75, 3.05) is 7.05 Å². The van der Waals surface area contributed by atoms with Gasteiger partial charge in [0, 0.05) is 45.3 Å². The maximum absolute atomic E-state index is 6.64. The van der Waals surface area contributed by atoms with Crippen LogP contribution in [0, 0.1) is 0 Å². The Morgan fingerprint density at radius 1 is 0.404 bits per heavy atom. The fraction of sp³-hybridized carbons (Fsp3) is 0.0189. The Morgan fingerprint density at radius 3 is 1.70 bits per heavy atom. The quantitative estimate of drug-likeness (QED) is 0.131. The van der Waals surface area contributed by atoms with Crippen LogP contribution < -0.4 is 0 Å². The van der Waals surface area contributed by atoms with Gasteiger partial charge in [-0.15, -0.1) is 0 Å². The van der Waals surface area contributed by atoms with Gasteiger partial charge in [-0.2, -0.15) is 0 Å². The summed E-state index contributed by atoms with van der Waals surface area (Å²) in [6, 6.07) is 65.7. The number of benzene rings is 9. The highest BCUT2D eigenvalue weighted by Crippen LogP contribution is 2.44. The molecular weight excluding hydrogens is 697 g/mol. The third-order valence-electron chi connectivity index (χ3n) is 11.1. The zero-order chi connectivity index (χ0) is 37.9. The van der Waals surface area contributed by atoms with Crippen molar-refractivity contribution in [1.82, 2.24) is 0 Å². The van der Waals surface area contributed by atoms with Crippen LogP contribution in [0.25, 0.3) is 87.7 Å². The van der Waals surface area contributed by atoms with Crippen LogP contribution in [0.4, 0.5) is 0 Å². The Morgan fingerprint density at radius 2 is 0.965 bits per heavy atom. The van der Waals surface area contributed by atoms with Crippen molar-refractivity contribution in [3.05, 3.63) is 205 Å². The lowest BCUT2D eigenvalue weighted by atomic mass is 9.93. The number of aliphatic imine (C=N–C) groups is 2. The van der Waals surface area contributed by atoms with Gasteiger partial charge in [0.05, 0.1) is 5.71 Å². The third-order valence-corrected chi connectivity index (χ3v) is 11.1. The second-order valence-electron chi connectivity index (χ2n) is 14.4. The molecule has 2 heterocycles. The molecule has 0 fully saturated rings. The van der Waals surface area contributed by atoms with Crippen LogP contribution >= 0.6 is 0 Å². The van der Waals surface area contributed by atoms with Crippen LogP contribution in [-0.4, -0.2) is 18.6 Å². The summed E-state index contributed by atoms with van der Waals surface area (Å²) in [5.74, 6) is 0.617. The first-order valence-electron chi connectivity index (χ1n) is 19.2. The first-order chi connectivity index (χ1) is 28.2. The molecule has 0 saturated carbocycles. The molecule has 0 spiro atoms. The second-order valence-corrected chi connectivity index (χ2v) is 14.4. The van der Waals surface area contributed by atoms with Crippen molar-refractivity contribution in [1.29, 1.82) is 0 Å². The van der Waals surface area contributed by atoms with Crippen molar-refractivity contribution in [3.8, 4) is 22.3 Å². The van der Waals surface area contributed by atoms with Crippen LogP contribution in [0.3, 0.4) is 0 Å². The molecule has 2 aromatic heterocycles. The number of furan rings is 2. The molecule has 11 rings (SSSR count). The third kappa shape index (κ3) is 5.53. The highest BCUT2D eigenvalue weighted by Gasteiger charge is 2.22. The van der Waals surface area contributed by atoms with E-state index in [-0.39, 0.29) is 0 Å². The molecule has 0 N–H and O–H groups in total. The molecule has 11 aromatic rings. The fourth-order valence-electron chi connectivity index (χ4n) is 8.43. The molecule has 4 nitrogen and oxygen atoms in total. The summed E-state index contributed by atoms with van der Waals surface area (Å²) in [6.45, 7) is 0. The van der Waals surface area contributed by atoms with Crippen molar-refractivity contribution in [2.24, 2.45) is 9.98 Å². The monoisotopic (exact) mass is 730 g/mol. The predicted molar refractivity (Wildman–Crippen MR) is 238 cm³/mol. The SMILES string of the molecule is CN=C(N=C(c1ccc(-c2ccccc2)cc1)c1ccc2ccccc2c1)c1cccc2oc3cccc(-c4cccc5oc6cc7ccccc7cc6c45)c3c12. The summed E-state index contributed by atoms with van der Waals surface area (Å²) in [5.41, 5.74) is 11.5. The Hall–Kier alpha value is -7.56. The van der Waals surface area contributed by atoms with E-state index in [0.717, 1.165) is 93.7 Å². The highest BCUT2D eigenvalue weighted by atomic mass is 16.3. The lowest BCUT2D eigenvalue weighted by molar-refractivity contribution is 0.668. The lowest BCUT2D eigenvalue weighted by Crippen LogP contribution is -2.09. The van der Waals surface area contributed by atoms with E-state index >= 15 is 0 Å². The number of hydrogen-bond acceptors (Lipinski definition) is 3. The van der Waals surface area contributed by atoms with Gasteiger partial charge in [-0.1, -0.05) is 152 Å². The molecular formula is C53H34N2O2. The smallest absolute Gasteiger partial charge is 0.155 e. The van der Waals surface area contributed by atoms with Gasteiger partial charge in [-0.05, 0) is 80.2 Å². The maximum atomic E-state index is 6.64. The van der Waals surface area contributed by atoms with E-state index in [2.05, 4.69) is 164 Å². The average Bonchev–Trinajstić information content (AvgIpc) is 3.84. The largest absolute Gasteiger partial charge is 0.456 e. The number of amidine groups is 1. The Bertz CT molecular complexity index is 3400. The number of rotatable bonds is 5. The van der Waals surface area contributed by atoms with Crippen LogP contribution in [0.1, 0.15) is 16.7 Å². The van der Waals surface area contributed by atoms with Crippen molar-refractivity contribution >= 4 is 77.0 Å². The van der Waals surface area contributed by atoms with Gasteiger partial charge >= 0.3 is 0 Å². The van der Waals surface area contributed by atoms with Gasteiger partial charge in [-0.25, -0.2) is 4.99 Å². The predicted octanol–water partition coefficient (Wildman–Crippen LogP) is 14.0. The Balaban J connectivity index is 1.12. The standard InChI is InChI=1S/C53H34N2O2/c1-54-53(55-52(40-29-26-34-14-5-6-15-37(34)30-40)36-27-24-35(25-28-36)33-12-3-2-4-13-33)43-20-11-23-47-51(43)50-42(19-10-22-46(50)56-47)41-18-9-21-45-49(41)44-31-38-16-7-8-17-39(38)32-48(44)57-45/h2-32H,1H3. The summed E-state index contributed by atoms with van der Waals surface area (Å²) in [7, 11) is 1.82. The van der Waals surface area contributed by atoms with Gasteiger partial charge in [0.15, 0.2) is 5.84 Å². The summed E-state index contributed by atoms with van der Waals surface area (Å²) in [4.78, 5) is 10.4. The Kier molecular flexibility index (Phi) is 7.68. The molecule has 4 heteroatoms. The zero-order valence-electron chi connectivity index (χ0n) is 31.1. The van der Waals surface area contributed by atoms with Gasteiger partial charge in [-0.3, -0.25) is 4.99 Å². The van der Waals surface area contributed by atoms with E-state index in [4.69, 9.17) is 18.8 Å². The van der Waals surface area contributed by atoms with Gasteiger partial charge in [0.1, 0.15) is 22.3 Å². The van der Waals surface area contributed by atoms with Crippen molar-refractivity contribution < 1.29 is 8.83 Å². The Labute approximate surface area is 328 Å². The average molecular weight is 731 g/mol. The minimum atomic E-state index is 0.617. The number of fused-ring (bicyclic) bond motifs is 8. The van der Waals surface area contributed by atoms with Crippen molar-refractivity contribution in [3.63, 3.8) is 0 Å². The summed E-state index contributed by atoms with van der Waals surface area (Å²) < 4.78 is 13.1. The second kappa shape index (κ2) is 13.3. The summed E-state index contributed by atoms with van der Waals surface area (Å²) >= 11 is 0. The molecule has 0 aliphatic rings. The molecule has 268 valence electrons. The fourth-order valence-corrected chi connectivity index (χ4v) is 8.43. The summed E-state index contributed by atoms with van der Waals surface area (Å²) in [5, 5.41) is 8.82.